The molecule has 1 heterocycles. The van der Waals surface area contributed by atoms with E-state index in [2.05, 4.69) is 5.32 Å². The van der Waals surface area contributed by atoms with Crippen LogP contribution in [0.15, 0.2) is 0 Å². The van der Waals surface area contributed by atoms with Gasteiger partial charge in [-0.2, -0.15) is 0 Å². The third-order valence-electron chi connectivity index (χ3n) is 2.56. The van der Waals surface area contributed by atoms with Gasteiger partial charge in [-0.3, -0.25) is 4.79 Å². The molecule has 1 rings (SSSR count). The van der Waals surface area contributed by atoms with Crippen molar-refractivity contribution in [1.82, 2.24) is 5.32 Å². The van der Waals surface area contributed by atoms with Gasteiger partial charge >= 0.3 is 0 Å². The van der Waals surface area contributed by atoms with Gasteiger partial charge in [0.1, 0.15) is 5.88 Å². The third kappa shape index (κ3) is 4.29. The molecule has 1 fully saturated rings. The summed E-state index contributed by atoms with van der Waals surface area (Å²) < 4.78 is 5.28. The Bertz CT molecular complexity index is 181. The van der Waals surface area contributed by atoms with E-state index in [9.17, 15) is 4.79 Å². The number of ether oxygens (including phenoxy) is 1. The maximum Gasteiger partial charge on any atom is 0.235 e. The molecule has 4 heteroatoms. The standard InChI is InChI=1S/C10H18ClNO2/c1-8(12-10(13)7-11)6-9-2-4-14-5-3-9/h8-9H,2-7H2,1H3,(H,12,13). The molecule has 82 valence electrons. The first-order valence-electron chi connectivity index (χ1n) is 5.15. The minimum atomic E-state index is -0.0776. The zero-order valence-electron chi connectivity index (χ0n) is 8.59. The summed E-state index contributed by atoms with van der Waals surface area (Å²) in [5.74, 6) is 0.665. The summed E-state index contributed by atoms with van der Waals surface area (Å²) in [6.45, 7) is 3.75. The topological polar surface area (TPSA) is 38.3 Å². The van der Waals surface area contributed by atoms with Crippen LogP contribution in [-0.2, 0) is 9.53 Å². The highest BCUT2D eigenvalue weighted by Gasteiger charge is 2.17. The Balaban J connectivity index is 2.18. The van der Waals surface area contributed by atoms with Gasteiger partial charge in [-0.05, 0) is 32.1 Å². The molecule has 0 aromatic carbocycles. The summed E-state index contributed by atoms with van der Waals surface area (Å²) in [6, 6.07) is 0.226. The molecule has 1 atom stereocenters. The highest BCUT2D eigenvalue weighted by molar-refractivity contribution is 6.27. The summed E-state index contributed by atoms with van der Waals surface area (Å²) in [5.41, 5.74) is 0. The summed E-state index contributed by atoms with van der Waals surface area (Å²) in [5, 5.41) is 2.87. The van der Waals surface area contributed by atoms with E-state index in [1.165, 1.54) is 0 Å². The van der Waals surface area contributed by atoms with E-state index in [4.69, 9.17) is 16.3 Å². The molecule has 0 spiro atoms. The number of carbonyl (C=O) groups excluding carboxylic acids is 1. The van der Waals surface area contributed by atoms with Gasteiger partial charge in [-0.1, -0.05) is 0 Å². The predicted octanol–water partition coefficient (Wildman–Crippen LogP) is 1.55. The molecule has 1 aliphatic rings. The second kappa shape index (κ2) is 6.25. The minimum Gasteiger partial charge on any atom is -0.381 e. The van der Waals surface area contributed by atoms with Crippen molar-refractivity contribution in [1.29, 1.82) is 0 Å². The predicted molar refractivity (Wildman–Crippen MR) is 56.5 cm³/mol. The second-order valence-electron chi connectivity index (χ2n) is 3.89. The molecular formula is C10H18ClNO2. The molecule has 1 aliphatic heterocycles. The first kappa shape index (κ1) is 11.8. The van der Waals surface area contributed by atoms with Crippen LogP contribution in [0.3, 0.4) is 0 Å². The smallest absolute Gasteiger partial charge is 0.235 e. The normalized spacial score (nSPS) is 20.4. The van der Waals surface area contributed by atoms with E-state index < -0.39 is 0 Å². The van der Waals surface area contributed by atoms with Crippen molar-refractivity contribution in [3.05, 3.63) is 0 Å². The SMILES string of the molecule is CC(CC1CCOCC1)NC(=O)CCl. The molecule has 0 radical (unpaired) electrons. The van der Waals surface area contributed by atoms with E-state index >= 15 is 0 Å². The van der Waals surface area contributed by atoms with E-state index in [0.717, 1.165) is 32.5 Å². The zero-order chi connectivity index (χ0) is 10.4. The Morgan fingerprint density at radius 2 is 2.21 bits per heavy atom. The van der Waals surface area contributed by atoms with Crippen molar-refractivity contribution in [2.45, 2.75) is 32.2 Å². The number of rotatable bonds is 4. The van der Waals surface area contributed by atoms with E-state index in [1.54, 1.807) is 0 Å². The molecule has 3 nitrogen and oxygen atoms in total. The van der Waals surface area contributed by atoms with Gasteiger partial charge in [-0.15, -0.1) is 11.6 Å². The maximum absolute atomic E-state index is 11.0. The summed E-state index contributed by atoms with van der Waals surface area (Å²) in [6.07, 6.45) is 3.26. The van der Waals surface area contributed by atoms with Crippen molar-refractivity contribution in [2.75, 3.05) is 19.1 Å². The fourth-order valence-corrected chi connectivity index (χ4v) is 1.93. The van der Waals surface area contributed by atoms with Gasteiger partial charge < -0.3 is 10.1 Å². The fourth-order valence-electron chi connectivity index (χ4n) is 1.85. The first-order valence-corrected chi connectivity index (χ1v) is 5.69. The maximum atomic E-state index is 11.0. The lowest BCUT2D eigenvalue weighted by Crippen LogP contribution is -2.35. The molecule has 0 aromatic rings. The zero-order valence-corrected chi connectivity index (χ0v) is 9.35. The van der Waals surface area contributed by atoms with Crippen LogP contribution in [0.4, 0.5) is 0 Å². The van der Waals surface area contributed by atoms with Gasteiger partial charge in [0.05, 0.1) is 0 Å². The van der Waals surface area contributed by atoms with Crippen LogP contribution in [0, 0.1) is 5.92 Å². The molecule has 1 N–H and O–H groups in total. The van der Waals surface area contributed by atoms with Crippen LogP contribution in [0.5, 0.6) is 0 Å². The van der Waals surface area contributed by atoms with Gasteiger partial charge in [0.2, 0.25) is 5.91 Å². The van der Waals surface area contributed by atoms with Crippen LogP contribution in [0.2, 0.25) is 0 Å². The fraction of sp³-hybridized carbons (Fsp3) is 0.900. The molecule has 1 saturated heterocycles. The molecule has 1 unspecified atom stereocenters. The Morgan fingerprint density at radius 1 is 1.57 bits per heavy atom. The lowest BCUT2D eigenvalue weighted by Gasteiger charge is -2.25. The van der Waals surface area contributed by atoms with Crippen LogP contribution >= 0.6 is 11.6 Å². The summed E-state index contributed by atoms with van der Waals surface area (Å²) in [4.78, 5) is 11.0. The Kier molecular flexibility index (Phi) is 5.26. The molecule has 1 amide bonds. The summed E-state index contributed by atoms with van der Waals surface area (Å²) in [7, 11) is 0. The van der Waals surface area contributed by atoms with Crippen LogP contribution in [0.25, 0.3) is 0 Å². The van der Waals surface area contributed by atoms with Crippen molar-refractivity contribution < 1.29 is 9.53 Å². The van der Waals surface area contributed by atoms with E-state index in [1.807, 2.05) is 6.92 Å². The largest absolute Gasteiger partial charge is 0.381 e. The van der Waals surface area contributed by atoms with Crippen LogP contribution < -0.4 is 5.32 Å². The lowest BCUT2D eigenvalue weighted by molar-refractivity contribution is -0.119. The van der Waals surface area contributed by atoms with E-state index in [-0.39, 0.29) is 17.8 Å². The van der Waals surface area contributed by atoms with Crippen molar-refractivity contribution in [3.8, 4) is 0 Å². The quantitative estimate of drug-likeness (QED) is 0.729. The number of hydrogen-bond donors (Lipinski definition) is 1. The summed E-state index contributed by atoms with van der Waals surface area (Å²) >= 11 is 5.41. The van der Waals surface area contributed by atoms with Crippen LogP contribution in [-0.4, -0.2) is 31.0 Å². The average Bonchev–Trinajstić information content (AvgIpc) is 2.19. The lowest BCUT2D eigenvalue weighted by atomic mass is 9.93. The highest BCUT2D eigenvalue weighted by Crippen LogP contribution is 2.19. The molecule has 14 heavy (non-hydrogen) atoms. The van der Waals surface area contributed by atoms with Crippen LogP contribution in [0.1, 0.15) is 26.2 Å². The first-order chi connectivity index (χ1) is 6.72. The van der Waals surface area contributed by atoms with Gasteiger partial charge in [0.15, 0.2) is 0 Å². The number of nitrogens with one attached hydrogen (secondary N) is 1. The number of hydrogen-bond acceptors (Lipinski definition) is 2. The number of halogens is 1. The second-order valence-corrected chi connectivity index (χ2v) is 4.16. The Hall–Kier alpha value is -0.280. The number of amides is 1. The molecule has 0 saturated carbocycles. The highest BCUT2D eigenvalue weighted by atomic mass is 35.5. The van der Waals surface area contributed by atoms with E-state index in [0.29, 0.717) is 5.92 Å². The van der Waals surface area contributed by atoms with Crippen molar-refractivity contribution in [2.24, 2.45) is 5.92 Å². The Morgan fingerprint density at radius 3 is 2.79 bits per heavy atom. The molecule has 0 bridgehead atoms. The average molecular weight is 220 g/mol. The molecule has 0 aliphatic carbocycles. The molecular weight excluding hydrogens is 202 g/mol. The van der Waals surface area contributed by atoms with Gasteiger partial charge in [0, 0.05) is 19.3 Å². The number of alkyl halides is 1. The minimum absolute atomic E-state index is 0.0537. The van der Waals surface area contributed by atoms with Crippen molar-refractivity contribution >= 4 is 17.5 Å². The Labute approximate surface area is 90.1 Å². The monoisotopic (exact) mass is 219 g/mol. The third-order valence-corrected chi connectivity index (χ3v) is 2.80. The molecule has 0 aromatic heterocycles. The van der Waals surface area contributed by atoms with Gasteiger partial charge in [0.25, 0.3) is 0 Å². The number of carbonyl (C=O) groups is 1. The van der Waals surface area contributed by atoms with Crippen molar-refractivity contribution in [3.63, 3.8) is 0 Å². The van der Waals surface area contributed by atoms with Gasteiger partial charge in [-0.25, -0.2) is 0 Å².